The Bertz CT molecular complexity index is 1130. The van der Waals surface area contributed by atoms with Gasteiger partial charge in [0.05, 0.1) is 29.6 Å². The lowest BCUT2D eigenvalue weighted by Crippen LogP contribution is -2.43. The minimum atomic E-state index is -3.73. The molecule has 1 amide bonds. The molecule has 8 nitrogen and oxygen atoms in total. The fraction of sp³-hybridized carbons (Fsp3) is 0.462. The van der Waals surface area contributed by atoms with Crippen molar-refractivity contribution in [2.75, 3.05) is 31.6 Å². The average Bonchev–Trinajstić information content (AvgIpc) is 2.86. The standard InChI is InChI=1S/C26H34N2O6S/c1-4-6-16-34-26(30)20-9-11-22(12-10-20)27-25(29)21-8-7-15-28(18-21)35(31,32)23-13-14-24(33-5-2)19(3)17-23/h9-14,17,21H,4-8,15-16,18H2,1-3H3,(H,27,29)/t21-/m0/s1. The molecule has 1 aliphatic heterocycles. The number of nitrogens with zero attached hydrogens (tertiary/aromatic N) is 1. The summed E-state index contributed by atoms with van der Waals surface area (Å²) in [4.78, 5) is 25.1. The summed E-state index contributed by atoms with van der Waals surface area (Å²) in [5.74, 6) is -0.455. The highest BCUT2D eigenvalue weighted by molar-refractivity contribution is 7.89. The third-order valence-corrected chi connectivity index (χ3v) is 7.82. The SMILES string of the molecule is CCCCOC(=O)c1ccc(NC(=O)[C@H]2CCCN(S(=O)(=O)c3ccc(OCC)c(C)c3)C2)cc1. The molecule has 2 aromatic carbocycles. The molecule has 190 valence electrons. The molecule has 9 heteroatoms. The highest BCUT2D eigenvalue weighted by atomic mass is 32.2. The maximum absolute atomic E-state index is 13.2. The third kappa shape index (κ3) is 6.82. The number of benzene rings is 2. The summed E-state index contributed by atoms with van der Waals surface area (Å²) in [6.07, 6.45) is 2.95. The zero-order valence-corrected chi connectivity index (χ0v) is 21.4. The van der Waals surface area contributed by atoms with Gasteiger partial charge in [-0.25, -0.2) is 13.2 Å². The van der Waals surface area contributed by atoms with Gasteiger partial charge in [0.1, 0.15) is 5.75 Å². The number of nitrogens with one attached hydrogen (secondary N) is 1. The number of piperidine rings is 1. The van der Waals surface area contributed by atoms with Crippen molar-refractivity contribution in [1.29, 1.82) is 0 Å². The molecule has 35 heavy (non-hydrogen) atoms. The normalized spacial score (nSPS) is 16.5. The molecular weight excluding hydrogens is 468 g/mol. The second-order valence-electron chi connectivity index (χ2n) is 8.62. The van der Waals surface area contributed by atoms with Crippen LogP contribution < -0.4 is 10.1 Å². The first-order valence-electron chi connectivity index (χ1n) is 12.1. The van der Waals surface area contributed by atoms with Crippen LogP contribution in [0.5, 0.6) is 5.75 Å². The summed E-state index contributed by atoms with van der Waals surface area (Å²) in [5.41, 5.74) is 1.71. The van der Waals surface area contributed by atoms with Crippen LogP contribution in [0, 0.1) is 12.8 Å². The van der Waals surface area contributed by atoms with E-state index in [2.05, 4.69) is 5.32 Å². The maximum Gasteiger partial charge on any atom is 0.338 e. The van der Waals surface area contributed by atoms with Crippen molar-refractivity contribution in [1.82, 2.24) is 4.31 Å². The molecular formula is C26H34N2O6S. The van der Waals surface area contributed by atoms with Gasteiger partial charge in [-0.2, -0.15) is 4.31 Å². The molecule has 1 heterocycles. The van der Waals surface area contributed by atoms with E-state index in [1.165, 1.54) is 4.31 Å². The highest BCUT2D eigenvalue weighted by Crippen LogP contribution is 2.28. The van der Waals surface area contributed by atoms with Gasteiger partial charge in [-0.3, -0.25) is 4.79 Å². The Morgan fingerprint density at radius 3 is 2.51 bits per heavy atom. The van der Waals surface area contributed by atoms with E-state index < -0.39 is 21.9 Å². The average molecular weight is 503 g/mol. The summed E-state index contributed by atoms with van der Waals surface area (Å²) < 4.78 is 38.6. The van der Waals surface area contributed by atoms with Crippen LogP contribution in [0.1, 0.15) is 55.5 Å². The van der Waals surface area contributed by atoms with Crippen LogP contribution in [0.25, 0.3) is 0 Å². The summed E-state index contributed by atoms with van der Waals surface area (Å²) >= 11 is 0. The Morgan fingerprint density at radius 1 is 1.11 bits per heavy atom. The molecule has 0 aliphatic carbocycles. The van der Waals surface area contributed by atoms with E-state index in [-0.39, 0.29) is 17.3 Å². The van der Waals surface area contributed by atoms with Crippen LogP contribution in [-0.4, -0.2) is 50.9 Å². The van der Waals surface area contributed by atoms with E-state index in [9.17, 15) is 18.0 Å². The van der Waals surface area contributed by atoms with Crippen molar-refractivity contribution in [2.45, 2.75) is 51.3 Å². The van der Waals surface area contributed by atoms with Crippen molar-refractivity contribution in [3.8, 4) is 5.75 Å². The number of amides is 1. The fourth-order valence-corrected chi connectivity index (χ4v) is 5.56. The Kier molecular flexibility index (Phi) is 9.28. The smallest absolute Gasteiger partial charge is 0.338 e. The zero-order chi connectivity index (χ0) is 25.4. The number of ether oxygens (including phenoxy) is 2. The maximum atomic E-state index is 13.2. The van der Waals surface area contributed by atoms with Crippen LogP contribution in [0.2, 0.25) is 0 Å². The molecule has 0 saturated carbocycles. The number of rotatable bonds is 10. The molecule has 1 aliphatic rings. The number of carbonyl (C=O) groups is 2. The second kappa shape index (κ2) is 12.2. The number of hydrogen-bond donors (Lipinski definition) is 1. The van der Waals surface area contributed by atoms with E-state index >= 15 is 0 Å². The van der Waals surface area contributed by atoms with Gasteiger partial charge in [0, 0.05) is 18.8 Å². The lowest BCUT2D eigenvalue weighted by atomic mass is 9.98. The minimum Gasteiger partial charge on any atom is -0.494 e. The molecule has 2 aromatic rings. The first kappa shape index (κ1) is 26.7. The van der Waals surface area contributed by atoms with Gasteiger partial charge in [0.25, 0.3) is 0 Å². The van der Waals surface area contributed by atoms with Crippen molar-refractivity contribution in [3.63, 3.8) is 0 Å². The first-order valence-corrected chi connectivity index (χ1v) is 13.5. The van der Waals surface area contributed by atoms with E-state index in [1.54, 1.807) is 42.5 Å². The number of hydrogen-bond acceptors (Lipinski definition) is 6. The molecule has 1 saturated heterocycles. The molecule has 0 aromatic heterocycles. The van der Waals surface area contributed by atoms with Gasteiger partial charge in [0.15, 0.2) is 0 Å². The van der Waals surface area contributed by atoms with Crippen molar-refractivity contribution in [3.05, 3.63) is 53.6 Å². The molecule has 0 bridgehead atoms. The summed E-state index contributed by atoms with van der Waals surface area (Å²) in [6.45, 7) is 7.07. The van der Waals surface area contributed by atoms with Crippen molar-refractivity contribution < 1.29 is 27.5 Å². The van der Waals surface area contributed by atoms with E-state index in [0.29, 0.717) is 49.6 Å². The first-order chi connectivity index (χ1) is 16.8. The van der Waals surface area contributed by atoms with E-state index in [0.717, 1.165) is 18.4 Å². The van der Waals surface area contributed by atoms with Gasteiger partial charge in [-0.05, 0) is 81.1 Å². The number of sulfonamides is 1. The summed E-state index contributed by atoms with van der Waals surface area (Å²) in [7, 11) is -3.73. The minimum absolute atomic E-state index is 0.113. The number of esters is 1. The lowest BCUT2D eigenvalue weighted by Gasteiger charge is -2.31. The highest BCUT2D eigenvalue weighted by Gasteiger charge is 2.33. The number of anilines is 1. The van der Waals surface area contributed by atoms with Gasteiger partial charge >= 0.3 is 5.97 Å². The van der Waals surface area contributed by atoms with Gasteiger partial charge in [-0.1, -0.05) is 13.3 Å². The summed E-state index contributed by atoms with van der Waals surface area (Å²) in [5, 5.41) is 2.84. The Hall–Kier alpha value is -2.91. The second-order valence-corrected chi connectivity index (χ2v) is 10.6. The predicted octanol–water partition coefficient (Wildman–Crippen LogP) is 4.39. The van der Waals surface area contributed by atoms with Crippen LogP contribution in [0.4, 0.5) is 5.69 Å². The molecule has 0 spiro atoms. The Morgan fingerprint density at radius 2 is 1.86 bits per heavy atom. The van der Waals surface area contributed by atoms with Gasteiger partial charge < -0.3 is 14.8 Å². The number of unbranched alkanes of at least 4 members (excludes halogenated alkanes) is 1. The molecule has 0 unspecified atom stereocenters. The van der Waals surface area contributed by atoms with Gasteiger partial charge in [0.2, 0.25) is 15.9 Å². The van der Waals surface area contributed by atoms with Crippen LogP contribution >= 0.6 is 0 Å². The van der Waals surface area contributed by atoms with Gasteiger partial charge in [-0.15, -0.1) is 0 Å². The van der Waals surface area contributed by atoms with Crippen LogP contribution in [0.15, 0.2) is 47.4 Å². The molecule has 1 N–H and O–H groups in total. The van der Waals surface area contributed by atoms with Crippen LogP contribution in [-0.2, 0) is 19.6 Å². The topological polar surface area (TPSA) is 102 Å². The lowest BCUT2D eigenvalue weighted by molar-refractivity contribution is -0.120. The zero-order valence-electron chi connectivity index (χ0n) is 20.6. The molecule has 1 fully saturated rings. The van der Waals surface area contributed by atoms with Crippen molar-refractivity contribution in [2.24, 2.45) is 5.92 Å². The largest absolute Gasteiger partial charge is 0.494 e. The Labute approximate surface area is 207 Å². The van der Waals surface area contributed by atoms with Crippen LogP contribution in [0.3, 0.4) is 0 Å². The number of aryl methyl sites for hydroxylation is 1. The molecule has 1 atom stereocenters. The monoisotopic (exact) mass is 502 g/mol. The molecule has 3 rings (SSSR count). The Balaban J connectivity index is 1.63. The quantitative estimate of drug-likeness (QED) is 0.382. The molecule has 0 radical (unpaired) electrons. The van der Waals surface area contributed by atoms with Crippen molar-refractivity contribution >= 4 is 27.6 Å². The third-order valence-electron chi connectivity index (χ3n) is 5.96. The fourth-order valence-electron chi connectivity index (χ4n) is 3.95. The summed E-state index contributed by atoms with van der Waals surface area (Å²) in [6, 6.07) is 11.3. The van der Waals surface area contributed by atoms with E-state index in [1.807, 2.05) is 20.8 Å². The van der Waals surface area contributed by atoms with E-state index in [4.69, 9.17) is 9.47 Å². The predicted molar refractivity (Wildman–Crippen MR) is 134 cm³/mol. The number of carbonyl (C=O) groups excluding carboxylic acids is 2.